The van der Waals surface area contributed by atoms with Crippen LogP contribution in [0.15, 0.2) is 67.1 Å². The molecule has 0 bridgehead atoms. The average Bonchev–Trinajstić information content (AvgIpc) is 2.73. The molecule has 0 aliphatic heterocycles. The predicted octanol–water partition coefficient (Wildman–Crippen LogP) is 4.53. The maximum atomic E-state index is 13.7. The topological polar surface area (TPSA) is 67.4 Å². The molecular formula is C21H21FN4O2. The molecule has 1 aromatic carbocycles. The molecule has 3 rings (SSSR count). The lowest BCUT2D eigenvalue weighted by atomic mass is 10.2. The first-order chi connectivity index (χ1) is 13.7. The summed E-state index contributed by atoms with van der Waals surface area (Å²) in [6.45, 7) is 2.91. The molecule has 2 aromatic heterocycles. The van der Waals surface area contributed by atoms with Crippen LogP contribution in [0.25, 0.3) is 0 Å². The van der Waals surface area contributed by atoms with Crippen LogP contribution < -0.4 is 15.0 Å². The summed E-state index contributed by atoms with van der Waals surface area (Å²) in [4.78, 5) is 22.5. The van der Waals surface area contributed by atoms with Crippen LogP contribution in [-0.2, 0) is 6.54 Å². The minimum absolute atomic E-state index is 0.0932. The van der Waals surface area contributed by atoms with Gasteiger partial charge < -0.3 is 10.1 Å². The second-order valence-corrected chi connectivity index (χ2v) is 6.07. The third kappa shape index (κ3) is 5.03. The molecule has 0 fully saturated rings. The molecule has 0 radical (unpaired) electrons. The van der Waals surface area contributed by atoms with Gasteiger partial charge in [0.1, 0.15) is 0 Å². The second-order valence-electron chi connectivity index (χ2n) is 6.07. The van der Waals surface area contributed by atoms with Gasteiger partial charge >= 0.3 is 6.03 Å². The molecule has 0 aliphatic carbocycles. The number of carbonyl (C=O) groups excluding carboxylic acids is 1. The molecule has 0 spiro atoms. The van der Waals surface area contributed by atoms with Crippen molar-refractivity contribution in [2.75, 3.05) is 11.4 Å². The number of ether oxygens (including phenoxy) is 1. The number of para-hydroxylation sites is 1. The molecule has 144 valence electrons. The molecule has 6 nitrogen and oxygen atoms in total. The van der Waals surface area contributed by atoms with E-state index in [1.807, 2.05) is 19.1 Å². The van der Waals surface area contributed by atoms with E-state index >= 15 is 0 Å². The van der Waals surface area contributed by atoms with E-state index < -0.39 is 5.82 Å². The van der Waals surface area contributed by atoms with Gasteiger partial charge in [0.25, 0.3) is 0 Å². The Kier molecular flexibility index (Phi) is 6.51. The Morgan fingerprint density at radius 2 is 2.00 bits per heavy atom. The van der Waals surface area contributed by atoms with Crippen molar-refractivity contribution >= 4 is 11.7 Å². The number of rotatable bonds is 7. The Hall–Kier alpha value is -3.48. The minimum Gasteiger partial charge on any atom is -0.436 e. The number of halogens is 1. The first kappa shape index (κ1) is 19.3. The Bertz CT molecular complexity index is 904. The fourth-order valence-electron chi connectivity index (χ4n) is 2.51. The summed E-state index contributed by atoms with van der Waals surface area (Å²) < 4.78 is 19.2. The number of hydrogen-bond donors (Lipinski definition) is 1. The van der Waals surface area contributed by atoms with Gasteiger partial charge in [0.05, 0.1) is 18.4 Å². The quantitative estimate of drug-likeness (QED) is 0.654. The normalized spacial score (nSPS) is 10.4. The molecule has 0 saturated heterocycles. The molecule has 2 heterocycles. The van der Waals surface area contributed by atoms with Crippen LogP contribution in [0.4, 0.5) is 14.9 Å². The minimum atomic E-state index is -0.467. The standard InChI is InChI=1S/C21H21FN4O2/c1-2-11-24-21(27)26(15-16-6-5-12-23-13-16)17-9-10-20(25-14-17)28-19-8-4-3-7-18(19)22/h3-10,12-14H,2,11,15H2,1H3,(H,24,27). The highest BCUT2D eigenvalue weighted by Crippen LogP contribution is 2.24. The first-order valence-corrected chi connectivity index (χ1v) is 9.00. The third-order valence-electron chi connectivity index (χ3n) is 3.92. The Balaban J connectivity index is 1.79. The Morgan fingerprint density at radius 1 is 1.14 bits per heavy atom. The smallest absolute Gasteiger partial charge is 0.322 e. The molecule has 28 heavy (non-hydrogen) atoms. The molecule has 7 heteroatoms. The van der Waals surface area contributed by atoms with E-state index in [0.717, 1.165) is 12.0 Å². The van der Waals surface area contributed by atoms with Crippen LogP contribution in [0.1, 0.15) is 18.9 Å². The monoisotopic (exact) mass is 380 g/mol. The highest BCUT2D eigenvalue weighted by atomic mass is 19.1. The fraction of sp³-hybridized carbons (Fsp3) is 0.190. The van der Waals surface area contributed by atoms with Crippen molar-refractivity contribution in [3.8, 4) is 11.6 Å². The number of anilines is 1. The maximum Gasteiger partial charge on any atom is 0.322 e. The number of aromatic nitrogens is 2. The molecule has 0 aliphatic rings. The van der Waals surface area contributed by atoms with Gasteiger partial charge in [-0.15, -0.1) is 0 Å². The summed E-state index contributed by atoms with van der Waals surface area (Å²) in [5.74, 6) is -0.134. The molecule has 0 saturated carbocycles. The Labute approximate surface area is 163 Å². The van der Waals surface area contributed by atoms with Crippen molar-refractivity contribution < 1.29 is 13.9 Å². The van der Waals surface area contributed by atoms with E-state index in [2.05, 4.69) is 15.3 Å². The van der Waals surface area contributed by atoms with Gasteiger partial charge in [0.15, 0.2) is 11.6 Å². The second kappa shape index (κ2) is 9.45. The van der Waals surface area contributed by atoms with Gasteiger partial charge in [0, 0.05) is 25.0 Å². The van der Waals surface area contributed by atoms with Crippen molar-refractivity contribution in [3.63, 3.8) is 0 Å². The molecular weight excluding hydrogens is 359 g/mol. The zero-order valence-electron chi connectivity index (χ0n) is 15.5. The number of benzene rings is 1. The average molecular weight is 380 g/mol. The van der Waals surface area contributed by atoms with Crippen molar-refractivity contribution in [2.45, 2.75) is 19.9 Å². The SMILES string of the molecule is CCCNC(=O)N(Cc1cccnc1)c1ccc(Oc2ccccc2F)nc1. The summed E-state index contributed by atoms with van der Waals surface area (Å²) in [7, 11) is 0. The van der Waals surface area contributed by atoms with E-state index in [4.69, 9.17) is 4.74 Å². The number of nitrogens with zero attached hydrogens (tertiary/aromatic N) is 3. The van der Waals surface area contributed by atoms with Gasteiger partial charge in [-0.25, -0.2) is 14.2 Å². The lowest BCUT2D eigenvalue weighted by Gasteiger charge is -2.23. The number of carbonyl (C=O) groups is 1. The summed E-state index contributed by atoms with van der Waals surface area (Å²) in [5.41, 5.74) is 1.49. The summed E-state index contributed by atoms with van der Waals surface area (Å²) in [5, 5.41) is 2.87. The molecule has 0 unspecified atom stereocenters. The van der Waals surface area contributed by atoms with Gasteiger partial charge in [-0.3, -0.25) is 9.88 Å². The number of urea groups is 1. The third-order valence-corrected chi connectivity index (χ3v) is 3.92. The van der Waals surface area contributed by atoms with Crippen molar-refractivity contribution in [1.29, 1.82) is 0 Å². The highest BCUT2D eigenvalue weighted by Gasteiger charge is 2.17. The van der Waals surface area contributed by atoms with Crippen LogP contribution in [-0.4, -0.2) is 22.5 Å². The summed E-state index contributed by atoms with van der Waals surface area (Å²) in [6.07, 6.45) is 5.75. The van der Waals surface area contributed by atoms with Crippen molar-refractivity contribution in [2.24, 2.45) is 0 Å². The van der Waals surface area contributed by atoms with Crippen LogP contribution in [0.3, 0.4) is 0 Å². The Morgan fingerprint density at radius 3 is 2.68 bits per heavy atom. The summed E-state index contributed by atoms with van der Waals surface area (Å²) in [6, 6.07) is 12.9. The van der Waals surface area contributed by atoms with Gasteiger partial charge in [-0.1, -0.05) is 25.1 Å². The number of hydrogen-bond acceptors (Lipinski definition) is 4. The highest BCUT2D eigenvalue weighted by molar-refractivity contribution is 5.91. The lowest BCUT2D eigenvalue weighted by molar-refractivity contribution is 0.246. The first-order valence-electron chi connectivity index (χ1n) is 9.00. The van der Waals surface area contributed by atoms with Gasteiger partial charge in [-0.05, 0) is 36.2 Å². The predicted molar refractivity (Wildman–Crippen MR) is 105 cm³/mol. The zero-order chi connectivity index (χ0) is 19.8. The zero-order valence-corrected chi connectivity index (χ0v) is 15.5. The van der Waals surface area contributed by atoms with E-state index in [1.54, 1.807) is 41.6 Å². The van der Waals surface area contributed by atoms with Gasteiger partial charge in [0.2, 0.25) is 5.88 Å². The van der Waals surface area contributed by atoms with Crippen LogP contribution in [0, 0.1) is 5.82 Å². The summed E-state index contributed by atoms with van der Waals surface area (Å²) >= 11 is 0. The van der Waals surface area contributed by atoms with Gasteiger partial charge in [-0.2, -0.15) is 0 Å². The van der Waals surface area contributed by atoms with E-state index in [-0.39, 0.29) is 17.7 Å². The van der Waals surface area contributed by atoms with E-state index in [0.29, 0.717) is 18.8 Å². The molecule has 1 N–H and O–H groups in total. The largest absolute Gasteiger partial charge is 0.436 e. The van der Waals surface area contributed by atoms with Crippen LogP contribution in [0.5, 0.6) is 11.6 Å². The lowest BCUT2D eigenvalue weighted by Crippen LogP contribution is -2.40. The van der Waals surface area contributed by atoms with Crippen LogP contribution >= 0.6 is 0 Å². The molecule has 2 amide bonds. The van der Waals surface area contributed by atoms with E-state index in [9.17, 15) is 9.18 Å². The molecule has 3 aromatic rings. The van der Waals surface area contributed by atoms with Crippen LogP contribution in [0.2, 0.25) is 0 Å². The number of pyridine rings is 2. The van der Waals surface area contributed by atoms with Crippen molar-refractivity contribution in [3.05, 3.63) is 78.5 Å². The van der Waals surface area contributed by atoms with E-state index in [1.165, 1.54) is 18.3 Å². The fourth-order valence-corrected chi connectivity index (χ4v) is 2.51. The number of nitrogens with one attached hydrogen (secondary N) is 1. The van der Waals surface area contributed by atoms with Crippen molar-refractivity contribution in [1.82, 2.24) is 15.3 Å². The maximum absolute atomic E-state index is 13.7. The number of amides is 2. The molecule has 0 atom stereocenters.